The Balaban J connectivity index is 2.17. The molecule has 0 fully saturated rings. The lowest BCUT2D eigenvalue weighted by Gasteiger charge is -2.05. The van der Waals surface area contributed by atoms with Crippen LogP contribution >= 0.6 is 11.8 Å². The Hall–Kier alpha value is -2.08. The molecule has 1 N–H and O–H groups in total. The molecular formula is C15H17N3O2S. The smallest absolute Gasteiger partial charge is 0.296 e. The van der Waals surface area contributed by atoms with Crippen LogP contribution in [0.15, 0.2) is 29.2 Å². The molecular weight excluding hydrogens is 286 g/mol. The Bertz CT molecular complexity index is 690. The maximum atomic E-state index is 12.3. The molecule has 0 saturated carbocycles. The van der Waals surface area contributed by atoms with Crippen molar-refractivity contribution < 1.29 is 9.59 Å². The zero-order valence-electron chi connectivity index (χ0n) is 12.4. The molecule has 21 heavy (non-hydrogen) atoms. The average molecular weight is 303 g/mol. The number of nitrogens with zero attached hydrogens (tertiary/aromatic N) is 2. The van der Waals surface area contributed by atoms with Crippen molar-refractivity contribution in [1.29, 1.82) is 0 Å². The van der Waals surface area contributed by atoms with E-state index >= 15 is 0 Å². The van der Waals surface area contributed by atoms with Gasteiger partial charge in [-0.2, -0.15) is 5.10 Å². The van der Waals surface area contributed by atoms with E-state index in [1.165, 1.54) is 0 Å². The number of hydrogen-bond donors (Lipinski definition) is 1. The van der Waals surface area contributed by atoms with Crippen molar-refractivity contribution in [2.45, 2.75) is 18.7 Å². The van der Waals surface area contributed by atoms with Gasteiger partial charge < -0.3 is 5.32 Å². The highest BCUT2D eigenvalue weighted by Gasteiger charge is 2.23. The number of aryl methyl sites for hydroxylation is 2. The molecule has 0 atom stereocenters. The van der Waals surface area contributed by atoms with Gasteiger partial charge in [0.2, 0.25) is 0 Å². The summed E-state index contributed by atoms with van der Waals surface area (Å²) in [5.41, 5.74) is 2.22. The number of benzene rings is 1. The predicted molar refractivity (Wildman–Crippen MR) is 83.9 cm³/mol. The first-order valence-electron chi connectivity index (χ1n) is 6.44. The summed E-state index contributed by atoms with van der Waals surface area (Å²) in [5.74, 6) is -1.21. The molecule has 6 heteroatoms. The molecule has 0 unspecified atom stereocenters. The van der Waals surface area contributed by atoms with E-state index in [1.54, 1.807) is 49.5 Å². The normalized spacial score (nSPS) is 10.5. The lowest BCUT2D eigenvalue weighted by atomic mass is 10.1. The Morgan fingerprint density at radius 1 is 1.19 bits per heavy atom. The first-order chi connectivity index (χ1) is 9.93. The van der Waals surface area contributed by atoms with Gasteiger partial charge in [-0.1, -0.05) is 0 Å². The average Bonchev–Trinajstić information content (AvgIpc) is 2.72. The SMILES string of the molecule is CSc1ccc(NC(=O)C(=O)c2c(C)nn(C)c2C)cc1. The highest BCUT2D eigenvalue weighted by molar-refractivity contribution is 7.98. The van der Waals surface area contributed by atoms with Crippen LogP contribution in [-0.4, -0.2) is 27.7 Å². The Morgan fingerprint density at radius 2 is 1.81 bits per heavy atom. The van der Waals surface area contributed by atoms with Gasteiger partial charge in [0.1, 0.15) is 0 Å². The van der Waals surface area contributed by atoms with E-state index < -0.39 is 11.7 Å². The summed E-state index contributed by atoms with van der Waals surface area (Å²) in [6, 6.07) is 7.34. The van der Waals surface area contributed by atoms with Crippen molar-refractivity contribution in [2.24, 2.45) is 7.05 Å². The lowest BCUT2D eigenvalue weighted by molar-refractivity contribution is -0.112. The topological polar surface area (TPSA) is 64.0 Å². The summed E-state index contributed by atoms with van der Waals surface area (Å²) in [7, 11) is 1.75. The van der Waals surface area contributed by atoms with Crippen LogP contribution in [0.5, 0.6) is 0 Å². The van der Waals surface area contributed by atoms with Gasteiger partial charge in [-0.05, 0) is 44.4 Å². The molecule has 1 amide bonds. The van der Waals surface area contributed by atoms with E-state index in [0.717, 1.165) is 4.90 Å². The minimum Gasteiger partial charge on any atom is -0.319 e. The fourth-order valence-electron chi connectivity index (χ4n) is 2.08. The number of thioether (sulfide) groups is 1. The molecule has 0 radical (unpaired) electrons. The molecule has 5 nitrogen and oxygen atoms in total. The molecule has 1 heterocycles. The molecule has 0 aliphatic rings. The van der Waals surface area contributed by atoms with Crippen molar-refractivity contribution in [1.82, 2.24) is 9.78 Å². The number of aromatic nitrogens is 2. The monoisotopic (exact) mass is 303 g/mol. The maximum Gasteiger partial charge on any atom is 0.296 e. The predicted octanol–water partition coefficient (Wildman–Crippen LogP) is 2.58. The summed E-state index contributed by atoms with van der Waals surface area (Å²) in [5, 5.41) is 6.78. The second-order valence-corrected chi connectivity index (χ2v) is 5.56. The third-order valence-corrected chi connectivity index (χ3v) is 4.03. The van der Waals surface area contributed by atoms with Crippen molar-refractivity contribution in [3.63, 3.8) is 0 Å². The number of amides is 1. The van der Waals surface area contributed by atoms with Crippen LogP contribution in [0.1, 0.15) is 21.7 Å². The number of anilines is 1. The van der Waals surface area contributed by atoms with E-state index in [9.17, 15) is 9.59 Å². The quantitative estimate of drug-likeness (QED) is 0.536. The summed E-state index contributed by atoms with van der Waals surface area (Å²) in [6.45, 7) is 3.49. The van der Waals surface area contributed by atoms with Gasteiger partial charge in [0, 0.05) is 23.3 Å². The van der Waals surface area contributed by atoms with Gasteiger partial charge in [0.15, 0.2) is 0 Å². The van der Waals surface area contributed by atoms with Crippen LogP contribution in [0.3, 0.4) is 0 Å². The van der Waals surface area contributed by atoms with Gasteiger partial charge in [0.25, 0.3) is 11.7 Å². The Labute approximate surface area is 127 Å². The number of carbonyl (C=O) groups is 2. The third-order valence-electron chi connectivity index (χ3n) is 3.29. The van der Waals surface area contributed by atoms with Gasteiger partial charge in [-0.15, -0.1) is 11.8 Å². The van der Waals surface area contributed by atoms with Crippen molar-refractivity contribution >= 4 is 29.1 Å². The largest absolute Gasteiger partial charge is 0.319 e. The van der Waals surface area contributed by atoms with Crippen LogP contribution in [0.4, 0.5) is 5.69 Å². The summed E-state index contributed by atoms with van der Waals surface area (Å²) in [4.78, 5) is 25.4. The number of hydrogen-bond acceptors (Lipinski definition) is 4. The summed E-state index contributed by atoms with van der Waals surface area (Å²) < 4.78 is 1.60. The van der Waals surface area contributed by atoms with E-state index in [0.29, 0.717) is 22.6 Å². The fourth-order valence-corrected chi connectivity index (χ4v) is 2.49. The molecule has 0 spiro atoms. The zero-order valence-corrected chi connectivity index (χ0v) is 13.2. The van der Waals surface area contributed by atoms with E-state index in [-0.39, 0.29) is 0 Å². The summed E-state index contributed by atoms with van der Waals surface area (Å²) in [6.07, 6.45) is 1.98. The zero-order chi connectivity index (χ0) is 15.6. The van der Waals surface area contributed by atoms with Crippen LogP contribution in [0.25, 0.3) is 0 Å². The minimum atomic E-state index is -0.647. The van der Waals surface area contributed by atoms with Crippen LogP contribution in [0.2, 0.25) is 0 Å². The molecule has 0 bridgehead atoms. The molecule has 2 aromatic rings. The van der Waals surface area contributed by atoms with Crippen molar-refractivity contribution in [2.75, 3.05) is 11.6 Å². The first kappa shape index (κ1) is 15.3. The van der Waals surface area contributed by atoms with Crippen molar-refractivity contribution in [3.05, 3.63) is 41.2 Å². The number of Topliss-reactive ketones (excluding diaryl/α,β-unsaturated/α-hetero) is 1. The van der Waals surface area contributed by atoms with Crippen LogP contribution in [0, 0.1) is 13.8 Å². The summed E-state index contributed by atoms with van der Waals surface area (Å²) >= 11 is 1.62. The fraction of sp³-hybridized carbons (Fsp3) is 0.267. The number of carbonyl (C=O) groups excluding carboxylic acids is 2. The van der Waals surface area contributed by atoms with Crippen molar-refractivity contribution in [3.8, 4) is 0 Å². The molecule has 0 aliphatic carbocycles. The second kappa shape index (κ2) is 6.13. The molecule has 0 aliphatic heterocycles. The minimum absolute atomic E-state index is 0.371. The molecule has 2 rings (SSSR count). The lowest BCUT2D eigenvalue weighted by Crippen LogP contribution is -2.24. The highest BCUT2D eigenvalue weighted by Crippen LogP contribution is 2.18. The third kappa shape index (κ3) is 3.16. The molecule has 1 aromatic carbocycles. The number of ketones is 1. The van der Waals surface area contributed by atoms with E-state index in [2.05, 4.69) is 10.4 Å². The van der Waals surface area contributed by atoms with Gasteiger partial charge in [0.05, 0.1) is 11.3 Å². The number of nitrogens with one attached hydrogen (secondary N) is 1. The van der Waals surface area contributed by atoms with E-state index in [1.807, 2.05) is 18.4 Å². The molecule has 110 valence electrons. The van der Waals surface area contributed by atoms with Crippen LogP contribution in [-0.2, 0) is 11.8 Å². The Kier molecular flexibility index (Phi) is 4.47. The number of rotatable bonds is 4. The van der Waals surface area contributed by atoms with E-state index in [4.69, 9.17) is 0 Å². The van der Waals surface area contributed by atoms with Gasteiger partial charge in [-0.25, -0.2) is 0 Å². The Morgan fingerprint density at radius 3 is 2.29 bits per heavy atom. The second-order valence-electron chi connectivity index (χ2n) is 4.68. The van der Waals surface area contributed by atoms with Gasteiger partial charge in [-0.3, -0.25) is 14.3 Å². The standard InChI is InChI=1S/C15H17N3O2S/c1-9-13(10(2)18(3)17-9)14(19)15(20)16-11-5-7-12(21-4)8-6-11/h5-8H,1-4H3,(H,16,20). The highest BCUT2D eigenvalue weighted by atomic mass is 32.2. The maximum absolute atomic E-state index is 12.3. The molecule has 1 aromatic heterocycles. The first-order valence-corrected chi connectivity index (χ1v) is 7.66. The van der Waals surface area contributed by atoms with Gasteiger partial charge >= 0.3 is 0 Å². The molecule has 0 saturated heterocycles. The van der Waals surface area contributed by atoms with Crippen LogP contribution < -0.4 is 5.32 Å².